The molecule has 0 saturated carbocycles. The Morgan fingerprint density at radius 3 is 1.43 bits per heavy atom. The molecule has 0 bridgehead atoms. The minimum atomic E-state index is -4.50. The van der Waals surface area contributed by atoms with Crippen LogP contribution in [-0.2, 0) is 0 Å². The molecule has 0 aromatic carbocycles. The molecule has 0 aromatic rings. The van der Waals surface area contributed by atoms with Gasteiger partial charge in [0.2, 0.25) is 0 Å². The largest absolute Gasteiger partial charge is 1.00 e. The van der Waals surface area contributed by atoms with Gasteiger partial charge in [0.05, 0.1) is 0 Å². The molecule has 0 unspecified atom stereocenters. The van der Waals surface area contributed by atoms with Crippen LogP contribution in [0.25, 0.3) is 0 Å². The van der Waals surface area contributed by atoms with Crippen molar-refractivity contribution in [3.63, 3.8) is 0 Å². The van der Waals surface area contributed by atoms with E-state index < -0.39 is 11.3 Å². The molecule has 0 atom stereocenters. The fourth-order valence-electron chi connectivity index (χ4n) is 0. The van der Waals surface area contributed by atoms with Crippen molar-refractivity contribution in [2.45, 2.75) is 0 Å². The van der Waals surface area contributed by atoms with E-state index in [1.807, 2.05) is 0 Å². The third-order valence-electron chi connectivity index (χ3n) is 0.175. The van der Waals surface area contributed by atoms with Crippen molar-refractivity contribution in [3.8, 4) is 0 Å². The summed E-state index contributed by atoms with van der Waals surface area (Å²) in [6.07, 6.45) is 0. The molecule has 0 aliphatic carbocycles. The molecule has 0 radical (unpaired) electrons. The maximum atomic E-state index is 10.8. The summed E-state index contributed by atoms with van der Waals surface area (Å²) in [5.41, 5.74) is 0. The fourth-order valence-corrected chi connectivity index (χ4v) is 0. The average molecular weight is 248 g/mol. The van der Waals surface area contributed by atoms with E-state index in [1.54, 1.807) is 0 Å². The molecule has 0 amide bonds. The van der Waals surface area contributed by atoms with Crippen LogP contribution in [0.4, 0.5) is 12.9 Å². The van der Waals surface area contributed by atoms with Crippen LogP contribution in [0.15, 0.2) is 0 Å². The van der Waals surface area contributed by atoms with Gasteiger partial charge >= 0.3 is 58.4 Å². The molecule has 0 rings (SSSR count). The van der Waals surface area contributed by atoms with Crippen LogP contribution < -0.4 is 51.4 Å². The van der Waals surface area contributed by atoms with Crippen LogP contribution in [0.1, 0.15) is 0 Å². The Labute approximate surface area is 96.2 Å². The predicted octanol–water partition coefficient (Wildman–Crippen LogP) is -1.19. The van der Waals surface area contributed by atoms with Gasteiger partial charge in [-0.1, -0.05) is 0 Å². The second kappa shape index (κ2) is 5.04. The van der Waals surface area contributed by atoms with Crippen molar-refractivity contribution in [1.82, 2.24) is 0 Å². The summed E-state index contributed by atoms with van der Waals surface area (Å²) in [4.78, 5) is 0. The molecule has 0 nitrogen and oxygen atoms in total. The predicted molar refractivity (Wildman–Crippen MR) is 28.0 cm³/mol. The average Bonchev–Trinajstić information content (AvgIpc) is 1.35. The minimum absolute atomic E-state index is 0. The monoisotopic (exact) mass is 248 g/mol. The fraction of sp³-hybridized carbons (Fsp3) is 1.00. The van der Waals surface area contributed by atoms with Crippen LogP contribution in [-0.4, -0.2) is 11.3 Å². The number of alkyl halides is 1. The maximum Gasteiger partial charge on any atom is 1.00 e. The van der Waals surface area contributed by atoms with Crippen molar-refractivity contribution in [1.29, 1.82) is 0 Å². The summed E-state index contributed by atoms with van der Waals surface area (Å²) in [6.45, 7) is -4.50. The summed E-state index contributed by atoms with van der Waals surface area (Å²) in [5.74, 6) is 0. The van der Waals surface area contributed by atoms with Crippen molar-refractivity contribution < 1.29 is 64.3 Å². The van der Waals surface area contributed by atoms with Gasteiger partial charge in [-0.15, -0.1) is 22.6 Å². The zero-order chi connectivity index (χ0) is 5.21. The molecule has 7 heavy (non-hydrogen) atoms. The number of hydrogen-bond acceptors (Lipinski definition) is 0. The van der Waals surface area contributed by atoms with Gasteiger partial charge in [0.15, 0.2) is 0 Å². The molecule has 0 aliphatic rings. The number of rotatable bonds is 1. The van der Waals surface area contributed by atoms with Crippen LogP contribution in [0.2, 0.25) is 0 Å². The third-order valence-corrected chi connectivity index (χ3v) is 1.17. The molecule has 0 spiro atoms. The summed E-state index contributed by atoms with van der Waals surface area (Å²) < 4.78 is 31.8. The first kappa shape index (κ1) is 12.0. The van der Waals surface area contributed by atoms with Gasteiger partial charge in [-0.05, 0) is 4.33 Å². The first-order valence-electron chi connectivity index (χ1n) is 1.33. The van der Waals surface area contributed by atoms with E-state index in [0.717, 1.165) is 0 Å². The molecule has 0 heterocycles. The summed E-state index contributed by atoms with van der Waals surface area (Å²) in [5, 5.41) is 0. The summed E-state index contributed by atoms with van der Waals surface area (Å²) in [7, 11) is 0. The first-order valence-corrected chi connectivity index (χ1v) is 2.86. The zero-order valence-corrected chi connectivity index (χ0v) is 9.08. The number of halogens is 4. The number of hydrogen-bond donors (Lipinski definition) is 0. The summed E-state index contributed by atoms with van der Waals surface area (Å²) in [6, 6.07) is 0. The smallest absolute Gasteiger partial charge is 0.448 e. The van der Waals surface area contributed by atoms with Gasteiger partial charge in [-0.25, -0.2) is 0 Å². The minimum Gasteiger partial charge on any atom is -0.448 e. The van der Waals surface area contributed by atoms with Crippen LogP contribution in [0, 0.1) is 0 Å². The van der Waals surface area contributed by atoms with Crippen molar-refractivity contribution in [2.24, 2.45) is 0 Å². The Kier molecular flexibility index (Phi) is 8.61. The zero-order valence-electron chi connectivity index (χ0n) is 3.80. The van der Waals surface area contributed by atoms with Crippen LogP contribution in [0.5, 0.6) is 0 Å². The Hall–Kier alpha value is 2.22. The van der Waals surface area contributed by atoms with E-state index in [0.29, 0.717) is 0 Å². The maximum absolute atomic E-state index is 10.8. The van der Waals surface area contributed by atoms with Crippen LogP contribution >= 0.6 is 22.6 Å². The van der Waals surface area contributed by atoms with E-state index in [-0.39, 0.29) is 51.4 Å². The Balaban J connectivity index is 0. The quantitative estimate of drug-likeness (QED) is 0.311. The first-order chi connectivity index (χ1) is 2.56. The molecule has 0 aromatic heterocycles. The standard InChI is InChI=1S/CH2BF3I.K/c3-2(4,5)1-6;/h1H2;/q-1;+1. The van der Waals surface area contributed by atoms with Crippen molar-refractivity contribution in [3.05, 3.63) is 0 Å². The molecular weight excluding hydrogens is 246 g/mol. The topological polar surface area (TPSA) is 0 Å². The third kappa shape index (κ3) is 11.7. The summed E-state index contributed by atoms with van der Waals surface area (Å²) >= 11 is 1.30. The van der Waals surface area contributed by atoms with E-state index in [2.05, 4.69) is 0 Å². The van der Waals surface area contributed by atoms with Crippen molar-refractivity contribution in [2.75, 3.05) is 4.33 Å². The van der Waals surface area contributed by atoms with Gasteiger partial charge < -0.3 is 12.9 Å². The molecular formula is CH2BF3IK. The molecule has 0 saturated heterocycles. The van der Waals surface area contributed by atoms with Gasteiger partial charge in [0, 0.05) is 0 Å². The van der Waals surface area contributed by atoms with E-state index >= 15 is 0 Å². The molecule has 38 valence electrons. The Morgan fingerprint density at radius 2 is 1.43 bits per heavy atom. The normalized spacial score (nSPS) is 10.3. The van der Waals surface area contributed by atoms with Gasteiger partial charge in [0.1, 0.15) is 0 Å². The Morgan fingerprint density at radius 1 is 1.29 bits per heavy atom. The SMILES string of the molecule is F[B-](F)(F)CI.[K+]. The molecule has 0 aliphatic heterocycles. The van der Waals surface area contributed by atoms with E-state index in [1.165, 1.54) is 22.6 Å². The van der Waals surface area contributed by atoms with E-state index in [9.17, 15) is 12.9 Å². The van der Waals surface area contributed by atoms with Gasteiger partial charge in [-0.3, -0.25) is 0 Å². The van der Waals surface area contributed by atoms with Crippen molar-refractivity contribution >= 4 is 29.6 Å². The van der Waals surface area contributed by atoms with Gasteiger partial charge in [-0.2, -0.15) is 0 Å². The molecule has 0 fully saturated rings. The Bertz CT molecular complexity index is 44.7. The molecule has 0 N–H and O–H groups in total. The van der Waals surface area contributed by atoms with Crippen LogP contribution in [0.3, 0.4) is 0 Å². The second-order valence-electron chi connectivity index (χ2n) is 0.865. The van der Waals surface area contributed by atoms with Gasteiger partial charge in [0.25, 0.3) is 0 Å². The van der Waals surface area contributed by atoms with E-state index in [4.69, 9.17) is 0 Å². The second-order valence-corrected chi connectivity index (χ2v) is 1.75. The molecule has 6 heteroatoms.